The van der Waals surface area contributed by atoms with E-state index in [0.29, 0.717) is 12.3 Å². The molecular weight excluding hydrogens is 192 g/mol. The number of nitrogens with two attached hydrogens (primary N) is 1. The van der Waals surface area contributed by atoms with E-state index in [1.54, 1.807) is 0 Å². The van der Waals surface area contributed by atoms with Gasteiger partial charge in [0, 0.05) is 18.7 Å². The number of carbonyl (C=O) groups excluding carboxylic acids is 1. The molecule has 4 heteroatoms. The second-order valence-electron chi connectivity index (χ2n) is 3.59. The lowest BCUT2D eigenvalue weighted by Gasteiger charge is -2.17. The number of nitrogens with one attached hydrogen (secondary N) is 1. The number of aliphatic hydroxyl groups excluding tert-OH is 1. The normalized spacial score (nSPS) is 11.3. The first kappa shape index (κ1) is 16.6. The van der Waals surface area contributed by atoms with E-state index in [1.165, 1.54) is 7.05 Å². The van der Waals surface area contributed by atoms with Gasteiger partial charge < -0.3 is 21.0 Å². The van der Waals surface area contributed by atoms with Gasteiger partial charge in [0.2, 0.25) is 0 Å². The van der Waals surface area contributed by atoms with E-state index in [4.69, 9.17) is 5.11 Å². The summed E-state index contributed by atoms with van der Waals surface area (Å²) in [5, 5.41) is 11.6. The zero-order valence-corrected chi connectivity index (χ0v) is 9.99. The van der Waals surface area contributed by atoms with E-state index in [-0.39, 0.29) is 12.6 Å². The first-order valence-corrected chi connectivity index (χ1v) is 5.18. The topological polar surface area (TPSA) is 75.3 Å². The van der Waals surface area contributed by atoms with Crippen LogP contribution >= 0.6 is 0 Å². The van der Waals surface area contributed by atoms with Gasteiger partial charge in [-0.1, -0.05) is 20.4 Å². The summed E-state index contributed by atoms with van der Waals surface area (Å²) in [4.78, 5) is 10.6. The van der Waals surface area contributed by atoms with Gasteiger partial charge in [0.05, 0.1) is 6.04 Å². The quantitative estimate of drug-likeness (QED) is 0.546. The summed E-state index contributed by atoms with van der Waals surface area (Å²) in [6, 6.07) is -0.168. The van der Waals surface area contributed by atoms with Gasteiger partial charge in [0.25, 0.3) is 0 Å². The monoisotopic (exact) mass is 216 g/mol. The third-order valence-corrected chi connectivity index (χ3v) is 1.69. The SMILES string of the molecule is C=C(CCO)NC(C=O)CC(C)C.CN. The predicted octanol–water partition coefficient (Wildman–Crippen LogP) is 0.661. The number of carbonyl (C=O) groups is 1. The van der Waals surface area contributed by atoms with Crippen molar-refractivity contribution >= 4 is 6.29 Å². The Labute approximate surface area is 92.6 Å². The predicted molar refractivity (Wildman–Crippen MR) is 63.4 cm³/mol. The molecule has 0 saturated carbocycles. The van der Waals surface area contributed by atoms with E-state index in [9.17, 15) is 4.79 Å². The van der Waals surface area contributed by atoms with Gasteiger partial charge in [0.15, 0.2) is 0 Å². The molecule has 0 aliphatic heterocycles. The van der Waals surface area contributed by atoms with Crippen LogP contribution in [-0.4, -0.2) is 31.1 Å². The number of aldehydes is 1. The van der Waals surface area contributed by atoms with Crippen LogP contribution in [0.25, 0.3) is 0 Å². The van der Waals surface area contributed by atoms with Crippen molar-refractivity contribution in [1.82, 2.24) is 5.32 Å². The van der Waals surface area contributed by atoms with Crippen molar-refractivity contribution in [2.75, 3.05) is 13.7 Å². The standard InChI is InChI=1S/C10H19NO2.CH5N/c1-8(2)6-10(7-13)11-9(3)4-5-12;1-2/h7-8,10-12H,3-6H2,1-2H3;2H2,1H3. The molecule has 0 heterocycles. The summed E-state index contributed by atoms with van der Waals surface area (Å²) in [6.07, 6.45) is 2.19. The molecule has 0 spiro atoms. The van der Waals surface area contributed by atoms with E-state index < -0.39 is 0 Å². The van der Waals surface area contributed by atoms with Crippen molar-refractivity contribution in [1.29, 1.82) is 0 Å². The second-order valence-corrected chi connectivity index (χ2v) is 3.59. The molecule has 0 aromatic rings. The molecule has 0 aromatic carbocycles. The zero-order chi connectivity index (χ0) is 12.3. The fourth-order valence-corrected chi connectivity index (χ4v) is 1.13. The Hall–Kier alpha value is -0.870. The van der Waals surface area contributed by atoms with Crippen molar-refractivity contribution in [2.24, 2.45) is 11.7 Å². The maximum absolute atomic E-state index is 10.6. The molecule has 15 heavy (non-hydrogen) atoms. The van der Waals surface area contributed by atoms with Crippen LogP contribution in [0.1, 0.15) is 26.7 Å². The van der Waals surface area contributed by atoms with E-state index in [1.807, 2.05) is 0 Å². The highest BCUT2D eigenvalue weighted by atomic mass is 16.3. The van der Waals surface area contributed by atoms with Crippen LogP contribution in [0.4, 0.5) is 0 Å². The highest BCUT2D eigenvalue weighted by molar-refractivity contribution is 5.58. The van der Waals surface area contributed by atoms with Crippen molar-refractivity contribution < 1.29 is 9.90 Å². The van der Waals surface area contributed by atoms with Gasteiger partial charge in [-0.05, 0) is 19.4 Å². The van der Waals surface area contributed by atoms with Gasteiger partial charge in [-0.25, -0.2) is 0 Å². The minimum Gasteiger partial charge on any atom is -0.396 e. The Morgan fingerprint density at radius 2 is 2.07 bits per heavy atom. The molecule has 1 unspecified atom stereocenters. The first-order valence-electron chi connectivity index (χ1n) is 5.18. The smallest absolute Gasteiger partial charge is 0.142 e. The van der Waals surface area contributed by atoms with Gasteiger partial charge in [-0.15, -0.1) is 0 Å². The Bertz CT molecular complexity index is 170. The summed E-state index contributed by atoms with van der Waals surface area (Å²) in [6.45, 7) is 7.90. The van der Waals surface area contributed by atoms with Crippen LogP contribution in [0.3, 0.4) is 0 Å². The van der Waals surface area contributed by atoms with Crippen LogP contribution in [0.5, 0.6) is 0 Å². The summed E-state index contributed by atoms with van der Waals surface area (Å²) in [7, 11) is 1.50. The molecule has 0 aliphatic rings. The average molecular weight is 216 g/mol. The van der Waals surface area contributed by atoms with Gasteiger partial charge in [0.1, 0.15) is 6.29 Å². The van der Waals surface area contributed by atoms with Gasteiger partial charge in [-0.2, -0.15) is 0 Å². The molecule has 4 N–H and O–H groups in total. The largest absolute Gasteiger partial charge is 0.396 e. The molecule has 0 saturated heterocycles. The van der Waals surface area contributed by atoms with E-state index in [0.717, 1.165) is 18.4 Å². The molecule has 0 rings (SSSR count). The molecule has 0 amide bonds. The van der Waals surface area contributed by atoms with Crippen molar-refractivity contribution in [2.45, 2.75) is 32.7 Å². The Morgan fingerprint density at radius 3 is 2.40 bits per heavy atom. The summed E-state index contributed by atoms with van der Waals surface area (Å²) in [5.74, 6) is 0.477. The van der Waals surface area contributed by atoms with Crippen LogP contribution in [0.2, 0.25) is 0 Å². The molecule has 0 aromatic heterocycles. The summed E-state index contributed by atoms with van der Waals surface area (Å²) < 4.78 is 0. The Balaban J connectivity index is 0. The lowest BCUT2D eigenvalue weighted by molar-refractivity contribution is -0.109. The highest BCUT2D eigenvalue weighted by Gasteiger charge is 2.09. The van der Waals surface area contributed by atoms with Crippen molar-refractivity contribution in [3.8, 4) is 0 Å². The van der Waals surface area contributed by atoms with Gasteiger partial charge in [-0.3, -0.25) is 0 Å². The lowest BCUT2D eigenvalue weighted by Crippen LogP contribution is -2.31. The fourth-order valence-electron chi connectivity index (χ4n) is 1.13. The zero-order valence-electron chi connectivity index (χ0n) is 9.99. The van der Waals surface area contributed by atoms with E-state index >= 15 is 0 Å². The molecule has 0 fully saturated rings. The maximum atomic E-state index is 10.6. The maximum Gasteiger partial charge on any atom is 0.142 e. The second kappa shape index (κ2) is 11.2. The molecule has 4 nitrogen and oxygen atoms in total. The highest BCUT2D eigenvalue weighted by Crippen LogP contribution is 2.05. The fraction of sp³-hybridized carbons (Fsp3) is 0.727. The number of aliphatic hydroxyl groups is 1. The summed E-state index contributed by atoms with van der Waals surface area (Å²) >= 11 is 0. The molecule has 90 valence electrons. The van der Waals surface area contributed by atoms with Crippen LogP contribution < -0.4 is 11.1 Å². The number of rotatable bonds is 7. The minimum absolute atomic E-state index is 0.0685. The molecule has 1 atom stereocenters. The molecular formula is C11H24N2O2. The Kier molecular flexibility index (Phi) is 12.4. The third kappa shape index (κ3) is 11.1. The number of hydrogen-bond acceptors (Lipinski definition) is 4. The lowest BCUT2D eigenvalue weighted by atomic mass is 10.0. The van der Waals surface area contributed by atoms with Crippen LogP contribution in [-0.2, 0) is 4.79 Å². The van der Waals surface area contributed by atoms with Crippen molar-refractivity contribution in [3.05, 3.63) is 12.3 Å². The van der Waals surface area contributed by atoms with Gasteiger partial charge >= 0.3 is 0 Å². The molecule has 0 radical (unpaired) electrons. The number of hydrogen-bond donors (Lipinski definition) is 3. The van der Waals surface area contributed by atoms with Crippen LogP contribution in [0, 0.1) is 5.92 Å². The Morgan fingerprint density at radius 1 is 1.53 bits per heavy atom. The minimum atomic E-state index is -0.168. The molecule has 0 aliphatic carbocycles. The van der Waals surface area contributed by atoms with Crippen molar-refractivity contribution in [3.63, 3.8) is 0 Å². The third-order valence-electron chi connectivity index (χ3n) is 1.69. The van der Waals surface area contributed by atoms with E-state index in [2.05, 4.69) is 31.5 Å². The average Bonchev–Trinajstić information content (AvgIpc) is 2.19. The first-order chi connectivity index (χ1) is 7.10. The van der Waals surface area contributed by atoms with Crippen LogP contribution in [0.15, 0.2) is 12.3 Å². The molecule has 0 bridgehead atoms. The summed E-state index contributed by atoms with van der Waals surface area (Å²) in [5.41, 5.74) is 5.22.